The van der Waals surface area contributed by atoms with Gasteiger partial charge in [0, 0.05) is 48.8 Å². The fraction of sp³-hybridized carbons (Fsp3) is 0.208. The Hall–Kier alpha value is -3.47. The van der Waals surface area contributed by atoms with Gasteiger partial charge in [0.25, 0.3) is 5.56 Å². The van der Waals surface area contributed by atoms with E-state index in [-0.39, 0.29) is 23.0 Å². The van der Waals surface area contributed by atoms with Gasteiger partial charge in [0.05, 0.1) is 0 Å². The summed E-state index contributed by atoms with van der Waals surface area (Å²) in [6.45, 7) is 0. The molecule has 0 aliphatic heterocycles. The minimum absolute atomic E-state index is 0.00177. The summed E-state index contributed by atoms with van der Waals surface area (Å²) < 4.78 is 2.71. The molecule has 29 heavy (non-hydrogen) atoms. The van der Waals surface area contributed by atoms with Crippen LogP contribution in [-0.4, -0.2) is 14.9 Å². The number of carbonyl (C=O) groups is 1. The van der Waals surface area contributed by atoms with Crippen molar-refractivity contribution in [3.63, 3.8) is 0 Å². The van der Waals surface area contributed by atoms with Crippen molar-refractivity contribution in [1.82, 2.24) is 9.13 Å². The number of fused-ring (bicyclic) bond motifs is 3. The van der Waals surface area contributed by atoms with Crippen LogP contribution in [-0.2, 0) is 26.9 Å². The average molecular weight is 384 g/mol. The predicted molar refractivity (Wildman–Crippen MR) is 111 cm³/mol. The van der Waals surface area contributed by atoms with Crippen LogP contribution in [0.4, 0.5) is 0 Å². The van der Waals surface area contributed by atoms with Gasteiger partial charge in [0.2, 0.25) is 0 Å². The molecule has 0 spiro atoms. The molecule has 0 saturated carbocycles. The number of allylic oxidation sites excluding steroid dienone is 2. The van der Waals surface area contributed by atoms with Crippen LogP contribution in [0, 0.1) is 0 Å². The zero-order chi connectivity index (χ0) is 20.3. The molecular formula is C24H20N2O3. The van der Waals surface area contributed by atoms with Gasteiger partial charge in [0.15, 0.2) is 5.78 Å². The molecule has 0 saturated heterocycles. The van der Waals surface area contributed by atoms with Gasteiger partial charge in [0.1, 0.15) is 0 Å². The van der Waals surface area contributed by atoms with Gasteiger partial charge in [-0.15, -0.1) is 0 Å². The summed E-state index contributed by atoms with van der Waals surface area (Å²) in [5, 5.41) is 0. The fourth-order valence-corrected chi connectivity index (χ4v) is 4.77. The number of hydrogen-bond donors (Lipinski definition) is 0. The van der Waals surface area contributed by atoms with E-state index < -0.39 is 0 Å². The van der Waals surface area contributed by atoms with Crippen molar-refractivity contribution in [3.8, 4) is 0 Å². The second-order valence-electron chi connectivity index (χ2n) is 7.75. The van der Waals surface area contributed by atoms with E-state index in [4.69, 9.17) is 0 Å². The van der Waals surface area contributed by atoms with Crippen LogP contribution in [0.3, 0.4) is 0 Å². The molecule has 144 valence electrons. The summed E-state index contributed by atoms with van der Waals surface area (Å²) in [6, 6.07) is 17.5. The summed E-state index contributed by atoms with van der Waals surface area (Å²) in [7, 11) is 3.20. The molecular weight excluding hydrogens is 364 g/mol. The van der Waals surface area contributed by atoms with Crippen LogP contribution in [0.1, 0.15) is 38.7 Å². The number of aromatic nitrogens is 2. The third-order valence-electron chi connectivity index (χ3n) is 6.22. The Bertz CT molecular complexity index is 1330. The van der Waals surface area contributed by atoms with Gasteiger partial charge in [-0.25, -0.2) is 4.79 Å². The minimum atomic E-state index is -0.374. The summed E-state index contributed by atoms with van der Waals surface area (Å²) in [6.07, 6.45) is 0.959. The fourth-order valence-electron chi connectivity index (χ4n) is 4.77. The maximum Gasteiger partial charge on any atom is 0.330 e. The second-order valence-corrected chi connectivity index (χ2v) is 7.75. The van der Waals surface area contributed by atoms with E-state index in [0.717, 1.165) is 21.3 Å². The summed E-state index contributed by atoms with van der Waals surface area (Å²) in [5.74, 6) is -0.375. The highest BCUT2D eigenvalue weighted by Gasteiger charge is 2.41. The molecule has 5 rings (SSSR count). The first-order valence-corrected chi connectivity index (χ1v) is 9.69. The van der Waals surface area contributed by atoms with E-state index in [1.165, 1.54) is 7.05 Å². The number of carbonyl (C=O) groups excluding carboxylic acids is 1. The van der Waals surface area contributed by atoms with Crippen molar-refractivity contribution in [2.24, 2.45) is 14.1 Å². The molecule has 5 heteroatoms. The molecule has 1 atom stereocenters. The van der Waals surface area contributed by atoms with E-state index in [2.05, 4.69) is 0 Å². The van der Waals surface area contributed by atoms with Crippen LogP contribution < -0.4 is 11.2 Å². The van der Waals surface area contributed by atoms with Gasteiger partial charge in [-0.2, -0.15) is 0 Å². The smallest absolute Gasteiger partial charge is 0.300 e. The molecule has 2 aromatic carbocycles. The first-order valence-electron chi connectivity index (χ1n) is 9.69. The lowest BCUT2D eigenvalue weighted by Crippen LogP contribution is -2.43. The maximum absolute atomic E-state index is 13.4. The molecule has 1 heterocycles. The third kappa shape index (κ3) is 2.43. The lowest BCUT2D eigenvalue weighted by Gasteiger charge is -2.28. The van der Waals surface area contributed by atoms with Gasteiger partial charge in [-0.05, 0) is 23.1 Å². The van der Waals surface area contributed by atoms with Gasteiger partial charge < -0.3 is 0 Å². The van der Waals surface area contributed by atoms with Crippen molar-refractivity contribution in [2.75, 3.05) is 0 Å². The van der Waals surface area contributed by atoms with Gasteiger partial charge >= 0.3 is 5.69 Å². The first kappa shape index (κ1) is 17.6. The SMILES string of the molecule is Cn1c2c(c(=O)n(C)c1=O)C(Cc1ccccc1)C1=C(C2)c2ccccc2C1=O. The molecule has 1 unspecified atom stereocenters. The molecule has 0 fully saturated rings. The topological polar surface area (TPSA) is 61.1 Å². The van der Waals surface area contributed by atoms with Crippen molar-refractivity contribution in [1.29, 1.82) is 0 Å². The molecule has 0 amide bonds. The molecule has 5 nitrogen and oxygen atoms in total. The molecule has 2 aliphatic carbocycles. The number of rotatable bonds is 2. The Morgan fingerprint density at radius 2 is 1.52 bits per heavy atom. The van der Waals surface area contributed by atoms with Crippen molar-refractivity contribution >= 4 is 11.4 Å². The highest BCUT2D eigenvalue weighted by molar-refractivity contribution is 6.22. The van der Waals surface area contributed by atoms with Crippen molar-refractivity contribution in [2.45, 2.75) is 18.8 Å². The third-order valence-corrected chi connectivity index (χ3v) is 6.22. The van der Waals surface area contributed by atoms with Crippen LogP contribution >= 0.6 is 0 Å². The Labute approximate surface area is 167 Å². The normalized spacial score (nSPS) is 17.2. The molecule has 2 aliphatic rings. The molecule has 1 aromatic heterocycles. The van der Waals surface area contributed by atoms with E-state index in [1.807, 2.05) is 54.6 Å². The number of nitrogens with zero attached hydrogens (tertiary/aromatic N) is 2. The number of ketones is 1. The highest BCUT2D eigenvalue weighted by Crippen LogP contribution is 2.46. The summed E-state index contributed by atoms with van der Waals surface area (Å²) in [5.41, 5.74) is 4.95. The first-order chi connectivity index (χ1) is 14.0. The molecule has 3 aromatic rings. The van der Waals surface area contributed by atoms with Crippen LogP contribution in [0.5, 0.6) is 0 Å². The number of Topliss-reactive ketones (excluding diaryl/α,β-unsaturated/α-hetero) is 1. The quantitative estimate of drug-likeness (QED) is 0.682. The van der Waals surface area contributed by atoms with Crippen LogP contribution in [0.15, 0.2) is 69.8 Å². The van der Waals surface area contributed by atoms with E-state index in [1.54, 1.807) is 11.6 Å². The van der Waals surface area contributed by atoms with Crippen molar-refractivity contribution in [3.05, 3.63) is 109 Å². The maximum atomic E-state index is 13.4. The summed E-state index contributed by atoms with van der Waals surface area (Å²) in [4.78, 5) is 39.1. The van der Waals surface area contributed by atoms with Gasteiger partial charge in [-0.3, -0.25) is 18.7 Å². The minimum Gasteiger partial charge on any atom is -0.300 e. The van der Waals surface area contributed by atoms with Crippen molar-refractivity contribution < 1.29 is 4.79 Å². The average Bonchev–Trinajstić information content (AvgIpc) is 3.03. The lowest BCUT2D eigenvalue weighted by molar-refractivity contribution is 0.103. The predicted octanol–water partition coefficient (Wildman–Crippen LogP) is 2.62. The molecule has 0 N–H and O–H groups in total. The van der Waals surface area contributed by atoms with Crippen LogP contribution in [0.2, 0.25) is 0 Å². The Balaban J connectivity index is 1.80. The standard InChI is InChI=1S/C24H20N2O3/c1-25-19-13-17-15-10-6-7-11-16(15)22(27)20(17)18(12-14-8-4-3-5-9-14)21(19)23(28)26(2)24(25)29/h3-11,18H,12-13H2,1-2H3. The molecule has 0 bridgehead atoms. The largest absolute Gasteiger partial charge is 0.330 e. The monoisotopic (exact) mass is 384 g/mol. The van der Waals surface area contributed by atoms with E-state index >= 15 is 0 Å². The zero-order valence-corrected chi connectivity index (χ0v) is 16.3. The lowest BCUT2D eigenvalue weighted by atomic mass is 9.77. The highest BCUT2D eigenvalue weighted by atomic mass is 16.2. The summed E-state index contributed by atoms with van der Waals surface area (Å²) >= 11 is 0. The second kappa shape index (κ2) is 6.27. The van der Waals surface area contributed by atoms with E-state index in [9.17, 15) is 14.4 Å². The Kier molecular flexibility index (Phi) is 3.81. The zero-order valence-electron chi connectivity index (χ0n) is 16.3. The molecule has 0 radical (unpaired) electrons. The Morgan fingerprint density at radius 3 is 2.24 bits per heavy atom. The number of benzene rings is 2. The Morgan fingerprint density at radius 1 is 0.862 bits per heavy atom. The van der Waals surface area contributed by atoms with Gasteiger partial charge in [-0.1, -0.05) is 54.6 Å². The van der Waals surface area contributed by atoms with Crippen LogP contribution in [0.25, 0.3) is 5.57 Å². The number of hydrogen-bond acceptors (Lipinski definition) is 3. The van der Waals surface area contributed by atoms with E-state index in [0.29, 0.717) is 35.2 Å².